The van der Waals surface area contributed by atoms with Gasteiger partial charge in [-0.05, 0) is 13.8 Å². The van der Waals surface area contributed by atoms with Crippen LogP contribution in [0, 0.1) is 0 Å². The Kier molecular flexibility index (Phi) is 4.22. The van der Waals surface area contributed by atoms with Crippen molar-refractivity contribution in [1.82, 2.24) is 19.5 Å². The molecule has 2 aromatic heterocycles. The third-order valence-electron chi connectivity index (χ3n) is 3.97. The molecule has 13 heteroatoms. The first-order valence-electron chi connectivity index (χ1n) is 7.79. The number of fused-ring (bicyclic) bond motifs is 2. The van der Waals surface area contributed by atoms with Crippen LogP contribution in [0.1, 0.15) is 20.1 Å². The number of halogens is 2. The number of aromatic nitrogens is 4. The first kappa shape index (κ1) is 18.0. The van der Waals surface area contributed by atoms with Gasteiger partial charge in [-0.3, -0.25) is 18.1 Å². The lowest BCUT2D eigenvalue weighted by molar-refractivity contribution is -0.0733. The van der Waals surface area contributed by atoms with Crippen molar-refractivity contribution >= 4 is 36.4 Å². The minimum absolute atomic E-state index is 0.137. The molecule has 2 fully saturated rings. The Balaban J connectivity index is 1.68. The average Bonchev–Trinajstić information content (AvgIpc) is 3.07. The number of phosphoric acid groups is 1. The highest BCUT2D eigenvalue weighted by Crippen LogP contribution is 2.61. The molecule has 0 aliphatic carbocycles. The lowest BCUT2D eigenvalue weighted by Gasteiger charge is -2.33. The van der Waals surface area contributed by atoms with Gasteiger partial charge >= 0.3 is 7.82 Å². The molecule has 26 heavy (non-hydrogen) atoms. The highest BCUT2D eigenvalue weighted by atomic mass is 35.5. The summed E-state index contributed by atoms with van der Waals surface area (Å²) in [5.41, 5.74) is 6.27. The van der Waals surface area contributed by atoms with Crippen molar-refractivity contribution in [2.24, 2.45) is 0 Å². The van der Waals surface area contributed by atoms with E-state index in [1.165, 1.54) is 17.2 Å². The first-order valence-corrected chi connectivity index (χ1v) is 9.63. The van der Waals surface area contributed by atoms with E-state index in [2.05, 4.69) is 15.0 Å². The van der Waals surface area contributed by atoms with Crippen molar-refractivity contribution in [2.45, 2.75) is 43.5 Å². The van der Waals surface area contributed by atoms with Gasteiger partial charge in [0.05, 0.1) is 19.0 Å². The number of anilines is 1. The zero-order chi connectivity index (χ0) is 18.7. The number of nitrogen functional groups attached to an aromatic ring is 1. The van der Waals surface area contributed by atoms with Crippen molar-refractivity contribution in [1.29, 1.82) is 0 Å². The van der Waals surface area contributed by atoms with Gasteiger partial charge in [-0.1, -0.05) is 11.6 Å². The molecule has 5 atom stereocenters. The smallest absolute Gasteiger partial charge is 0.382 e. The molecule has 142 valence electrons. The van der Waals surface area contributed by atoms with Gasteiger partial charge in [0.1, 0.15) is 17.9 Å². The maximum Gasteiger partial charge on any atom is 0.475 e. The number of hydrogen-bond donors (Lipinski definition) is 1. The fourth-order valence-corrected chi connectivity index (χ4v) is 4.91. The van der Waals surface area contributed by atoms with Gasteiger partial charge in [-0.2, -0.15) is 0 Å². The van der Waals surface area contributed by atoms with Crippen LogP contribution < -0.4 is 5.73 Å². The zero-order valence-corrected chi connectivity index (χ0v) is 15.4. The van der Waals surface area contributed by atoms with Gasteiger partial charge in [-0.25, -0.2) is 23.9 Å². The number of rotatable bonds is 3. The third-order valence-corrected chi connectivity index (χ3v) is 6.00. The molecule has 0 unspecified atom stereocenters. The minimum atomic E-state index is -3.95. The van der Waals surface area contributed by atoms with Crippen LogP contribution in [0.5, 0.6) is 0 Å². The van der Waals surface area contributed by atoms with E-state index in [1.807, 2.05) is 0 Å². The number of nitrogens with two attached hydrogens (primary N) is 1. The van der Waals surface area contributed by atoms with Crippen LogP contribution >= 0.6 is 19.4 Å². The third kappa shape index (κ3) is 2.79. The predicted octanol–water partition coefficient (Wildman–Crippen LogP) is 2.16. The van der Waals surface area contributed by atoms with Crippen molar-refractivity contribution in [2.75, 3.05) is 12.3 Å². The summed E-state index contributed by atoms with van der Waals surface area (Å²) >= 11 is 6.13. The standard InChI is InChI=1S/C13H16ClFN5O5P/c1-6(2)24-26(21)22-3-7-9(25-26)13(14,15)12(23-7)20-5-19-8-10(16)17-4-18-11(8)20/h4-7,9,12H,3H2,1-2H3,(H2,16,17,18)/t7-,9-,12-,13+,26-/m1/s1. The van der Waals surface area contributed by atoms with E-state index in [1.54, 1.807) is 13.8 Å². The summed E-state index contributed by atoms with van der Waals surface area (Å²) < 4.78 is 50.5. The van der Waals surface area contributed by atoms with E-state index in [-0.39, 0.29) is 23.6 Å². The number of ether oxygens (including phenoxy) is 1. The Labute approximate surface area is 152 Å². The summed E-state index contributed by atoms with van der Waals surface area (Å²) in [6, 6.07) is 0. The van der Waals surface area contributed by atoms with Gasteiger partial charge in [0.15, 0.2) is 23.8 Å². The quantitative estimate of drug-likeness (QED) is 0.602. The molecule has 0 spiro atoms. The topological polar surface area (TPSA) is 124 Å². The minimum Gasteiger partial charge on any atom is -0.382 e. The Morgan fingerprint density at radius 1 is 1.50 bits per heavy atom. The van der Waals surface area contributed by atoms with E-state index in [9.17, 15) is 4.57 Å². The van der Waals surface area contributed by atoms with Gasteiger partial charge in [-0.15, -0.1) is 0 Å². The molecule has 2 aromatic rings. The monoisotopic (exact) mass is 407 g/mol. The van der Waals surface area contributed by atoms with E-state index >= 15 is 4.39 Å². The highest BCUT2D eigenvalue weighted by molar-refractivity contribution is 7.48. The second-order valence-electron chi connectivity index (χ2n) is 6.21. The molecule has 2 aliphatic rings. The van der Waals surface area contributed by atoms with Gasteiger partial charge in [0.25, 0.3) is 5.13 Å². The lowest BCUT2D eigenvalue weighted by Crippen LogP contribution is -2.43. The molecule has 4 heterocycles. The van der Waals surface area contributed by atoms with Crippen molar-refractivity contribution in [3.63, 3.8) is 0 Å². The number of hydrogen-bond acceptors (Lipinski definition) is 9. The van der Waals surface area contributed by atoms with E-state index in [0.29, 0.717) is 0 Å². The molecule has 2 aliphatic heterocycles. The second-order valence-corrected chi connectivity index (χ2v) is 8.36. The van der Waals surface area contributed by atoms with E-state index in [4.69, 9.17) is 35.6 Å². The molecule has 0 aromatic carbocycles. The maximum absolute atomic E-state index is 15.4. The first-order chi connectivity index (χ1) is 12.2. The van der Waals surface area contributed by atoms with Gasteiger partial charge in [0.2, 0.25) is 0 Å². The molecule has 0 bridgehead atoms. The molecular formula is C13H16ClFN5O5P. The highest BCUT2D eigenvalue weighted by Gasteiger charge is 2.63. The van der Waals surface area contributed by atoms with E-state index < -0.39 is 37.5 Å². The van der Waals surface area contributed by atoms with Gasteiger partial charge in [0, 0.05) is 0 Å². The molecule has 2 saturated heterocycles. The van der Waals surface area contributed by atoms with E-state index in [0.717, 1.165) is 0 Å². The lowest BCUT2D eigenvalue weighted by atomic mass is 10.1. The fourth-order valence-electron chi connectivity index (χ4n) is 2.92. The Morgan fingerprint density at radius 3 is 3.00 bits per heavy atom. The Hall–Kier alpha value is -1.36. The van der Waals surface area contributed by atoms with Crippen molar-refractivity contribution < 1.29 is 27.3 Å². The summed E-state index contributed by atoms with van der Waals surface area (Å²) in [5, 5.41) is -2.57. The predicted molar refractivity (Wildman–Crippen MR) is 88.0 cm³/mol. The molecule has 0 amide bonds. The number of imidazole rings is 1. The Morgan fingerprint density at radius 2 is 2.27 bits per heavy atom. The number of phosphoric ester groups is 1. The number of alkyl halides is 2. The van der Waals surface area contributed by atoms with Gasteiger partial charge < -0.3 is 10.5 Å². The summed E-state index contributed by atoms with van der Waals surface area (Å²) in [7, 11) is -3.95. The van der Waals surface area contributed by atoms with Crippen LogP contribution in [0.25, 0.3) is 11.2 Å². The second kappa shape index (κ2) is 6.08. The van der Waals surface area contributed by atoms with Crippen molar-refractivity contribution in [3.8, 4) is 0 Å². The fraction of sp³-hybridized carbons (Fsp3) is 0.615. The summed E-state index contributed by atoms with van der Waals surface area (Å²) in [4.78, 5) is 11.9. The van der Waals surface area contributed by atoms with Crippen LogP contribution in [-0.4, -0.2) is 49.6 Å². The summed E-state index contributed by atoms with van der Waals surface area (Å²) in [5.74, 6) is 0.137. The molecule has 2 N–H and O–H groups in total. The SMILES string of the molecule is CC(C)O[P@@]1(=O)OC[C@H]2O[C@@H](n3cnc4c(N)ncnc43)[C@](F)(Cl)[C@@H]2O1. The maximum atomic E-state index is 15.4. The van der Waals surface area contributed by atoms with Crippen molar-refractivity contribution in [3.05, 3.63) is 12.7 Å². The molecule has 0 radical (unpaired) electrons. The molecule has 4 rings (SSSR count). The van der Waals surface area contributed by atoms with Crippen LogP contribution in [-0.2, 0) is 22.9 Å². The molecular weight excluding hydrogens is 392 g/mol. The normalized spacial score (nSPS) is 37.3. The summed E-state index contributed by atoms with van der Waals surface area (Å²) in [6.07, 6.45) is -1.55. The van der Waals surface area contributed by atoms with Crippen LogP contribution in [0.2, 0.25) is 0 Å². The van der Waals surface area contributed by atoms with Crippen LogP contribution in [0.3, 0.4) is 0 Å². The van der Waals surface area contributed by atoms with Crippen LogP contribution in [0.15, 0.2) is 12.7 Å². The largest absolute Gasteiger partial charge is 0.475 e. The molecule has 10 nitrogen and oxygen atoms in total. The Bertz CT molecular complexity index is 895. The summed E-state index contributed by atoms with van der Waals surface area (Å²) in [6.45, 7) is 3.10. The van der Waals surface area contributed by atoms with Crippen LogP contribution in [0.4, 0.5) is 10.2 Å². The zero-order valence-electron chi connectivity index (χ0n) is 13.8. The molecule has 0 saturated carbocycles. The number of nitrogens with zero attached hydrogens (tertiary/aromatic N) is 4. The average molecular weight is 408 g/mol.